The highest BCUT2D eigenvalue weighted by atomic mass is 127. The first-order chi connectivity index (χ1) is 12.9. The lowest BCUT2D eigenvalue weighted by molar-refractivity contribution is -0.384. The van der Waals surface area contributed by atoms with Crippen LogP contribution in [0.3, 0.4) is 0 Å². The van der Waals surface area contributed by atoms with E-state index in [4.69, 9.17) is 0 Å². The summed E-state index contributed by atoms with van der Waals surface area (Å²) in [5.74, 6) is -0.653. The molecule has 2 N–H and O–H groups in total. The Balaban J connectivity index is 1.82. The average Bonchev–Trinajstić information content (AvgIpc) is 2.66. The molecular weight excluding hydrogens is 463 g/mol. The van der Waals surface area contributed by atoms with Crippen molar-refractivity contribution in [3.63, 3.8) is 0 Å². The molecule has 0 radical (unpaired) electrons. The number of carbonyl (C=O) groups excluding carboxylic acids is 2. The highest BCUT2D eigenvalue weighted by molar-refractivity contribution is 14.1. The standard InChI is InChI=1S/C18H17IN4O4/c1-12(13-6-8-14(9-7-13)23(26)27)21-22-18(25)11-10-17(24)20-16-5-3-2-4-15(16)19/h2-9H,10-11H2,1H3,(H,20,24)(H,22,25)/b21-12-. The van der Waals surface area contributed by atoms with Gasteiger partial charge in [0.2, 0.25) is 11.8 Å². The molecule has 2 aromatic rings. The first-order valence-corrected chi connectivity index (χ1v) is 9.07. The van der Waals surface area contributed by atoms with E-state index in [9.17, 15) is 19.7 Å². The van der Waals surface area contributed by atoms with E-state index < -0.39 is 10.8 Å². The molecule has 0 unspecified atom stereocenters. The van der Waals surface area contributed by atoms with Crippen LogP contribution >= 0.6 is 22.6 Å². The minimum absolute atomic E-state index is 0.00765. The smallest absolute Gasteiger partial charge is 0.269 e. The number of anilines is 1. The summed E-state index contributed by atoms with van der Waals surface area (Å²) >= 11 is 2.12. The zero-order valence-electron chi connectivity index (χ0n) is 14.4. The number of benzene rings is 2. The van der Waals surface area contributed by atoms with Crippen LogP contribution in [0.1, 0.15) is 25.3 Å². The van der Waals surface area contributed by atoms with Gasteiger partial charge >= 0.3 is 0 Å². The molecule has 0 aliphatic carbocycles. The molecule has 2 aromatic carbocycles. The molecule has 0 heterocycles. The van der Waals surface area contributed by atoms with Gasteiger partial charge in [0, 0.05) is 28.5 Å². The number of hydrazone groups is 1. The van der Waals surface area contributed by atoms with Gasteiger partial charge in [-0.1, -0.05) is 12.1 Å². The number of halogens is 1. The molecule has 0 saturated heterocycles. The summed E-state index contributed by atoms with van der Waals surface area (Å²) in [6.45, 7) is 1.67. The topological polar surface area (TPSA) is 114 Å². The summed E-state index contributed by atoms with van der Waals surface area (Å²) in [7, 11) is 0. The summed E-state index contributed by atoms with van der Waals surface area (Å²) in [6, 6.07) is 13.2. The third-order valence-electron chi connectivity index (χ3n) is 3.57. The van der Waals surface area contributed by atoms with Gasteiger partial charge in [0.05, 0.1) is 16.3 Å². The minimum atomic E-state index is -0.487. The second-order valence-electron chi connectivity index (χ2n) is 5.56. The third kappa shape index (κ3) is 6.44. The zero-order chi connectivity index (χ0) is 19.8. The van der Waals surface area contributed by atoms with E-state index in [1.807, 2.05) is 18.2 Å². The SMILES string of the molecule is C/C(=N/NC(=O)CCC(=O)Nc1ccccc1I)c1ccc([N+](=O)[O-])cc1. The van der Waals surface area contributed by atoms with Crippen LogP contribution in [0.25, 0.3) is 0 Å². The van der Waals surface area contributed by atoms with E-state index in [1.54, 1.807) is 25.1 Å². The molecule has 140 valence electrons. The van der Waals surface area contributed by atoms with Crippen LogP contribution in [-0.2, 0) is 9.59 Å². The highest BCUT2D eigenvalue weighted by Crippen LogP contribution is 2.17. The predicted molar refractivity (Wildman–Crippen MR) is 110 cm³/mol. The lowest BCUT2D eigenvalue weighted by Gasteiger charge is -2.07. The Morgan fingerprint density at radius 3 is 2.33 bits per heavy atom. The monoisotopic (exact) mass is 480 g/mol. The van der Waals surface area contributed by atoms with E-state index in [0.717, 1.165) is 3.57 Å². The Labute approximate surface area is 169 Å². The normalized spacial score (nSPS) is 11.0. The first kappa shape index (κ1) is 20.5. The summed E-state index contributed by atoms with van der Waals surface area (Å²) in [5, 5.41) is 17.4. The summed E-state index contributed by atoms with van der Waals surface area (Å²) in [5.41, 5.74) is 4.22. The second-order valence-corrected chi connectivity index (χ2v) is 6.73. The fourth-order valence-electron chi connectivity index (χ4n) is 2.09. The number of hydrogen-bond acceptors (Lipinski definition) is 5. The van der Waals surface area contributed by atoms with Crippen LogP contribution in [0.15, 0.2) is 53.6 Å². The van der Waals surface area contributed by atoms with Crippen molar-refractivity contribution in [2.24, 2.45) is 5.10 Å². The number of nitrogens with one attached hydrogen (secondary N) is 2. The van der Waals surface area contributed by atoms with Gasteiger partial charge in [-0.15, -0.1) is 0 Å². The van der Waals surface area contributed by atoms with Crippen LogP contribution in [-0.4, -0.2) is 22.4 Å². The van der Waals surface area contributed by atoms with Crippen LogP contribution in [0, 0.1) is 13.7 Å². The largest absolute Gasteiger partial charge is 0.325 e. The van der Waals surface area contributed by atoms with Crippen molar-refractivity contribution in [2.75, 3.05) is 5.32 Å². The van der Waals surface area contributed by atoms with Crippen molar-refractivity contribution in [3.05, 3.63) is 67.8 Å². The zero-order valence-corrected chi connectivity index (χ0v) is 16.6. The molecule has 0 aliphatic heterocycles. The maximum Gasteiger partial charge on any atom is 0.269 e. The molecule has 0 aliphatic rings. The first-order valence-electron chi connectivity index (χ1n) is 7.99. The second kappa shape index (κ2) is 9.76. The van der Waals surface area contributed by atoms with Gasteiger partial charge in [-0.2, -0.15) is 5.10 Å². The maximum atomic E-state index is 11.9. The van der Waals surface area contributed by atoms with Crippen molar-refractivity contribution < 1.29 is 14.5 Å². The van der Waals surface area contributed by atoms with Crippen molar-refractivity contribution in [1.29, 1.82) is 0 Å². The van der Waals surface area contributed by atoms with E-state index in [2.05, 4.69) is 38.4 Å². The van der Waals surface area contributed by atoms with Crippen LogP contribution < -0.4 is 10.7 Å². The van der Waals surface area contributed by atoms with E-state index >= 15 is 0 Å². The number of para-hydroxylation sites is 1. The Morgan fingerprint density at radius 1 is 1.07 bits per heavy atom. The number of rotatable bonds is 7. The number of hydrogen-bond donors (Lipinski definition) is 2. The van der Waals surface area contributed by atoms with Gasteiger partial charge in [-0.25, -0.2) is 5.43 Å². The number of carbonyl (C=O) groups is 2. The number of nitro groups is 1. The lowest BCUT2D eigenvalue weighted by Crippen LogP contribution is -2.22. The minimum Gasteiger partial charge on any atom is -0.325 e. The van der Waals surface area contributed by atoms with E-state index in [-0.39, 0.29) is 24.4 Å². The molecule has 0 aromatic heterocycles. The van der Waals surface area contributed by atoms with Crippen molar-refractivity contribution in [3.8, 4) is 0 Å². The molecular formula is C18H17IN4O4. The van der Waals surface area contributed by atoms with Gasteiger partial charge in [0.1, 0.15) is 0 Å². The summed E-state index contributed by atoms with van der Waals surface area (Å²) in [4.78, 5) is 33.9. The Morgan fingerprint density at radius 2 is 1.70 bits per heavy atom. The Kier molecular flexibility index (Phi) is 7.41. The predicted octanol–water partition coefficient (Wildman–Crippen LogP) is 3.46. The molecule has 2 amide bonds. The molecule has 0 bridgehead atoms. The lowest BCUT2D eigenvalue weighted by atomic mass is 10.1. The van der Waals surface area contributed by atoms with Gasteiger partial charge in [-0.3, -0.25) is 19.7 Å². The Hall–Kier alpha value is -2.82. The number of non-ortho nitro benzene ring substituents is 1. The number of amides is 2. The van der Waals surface area contributed by atoms with Crippen molar-refractivity contribution >= 4 is 51.5 Å². The van der Waals surface area contributed by atoms with Crippen molar-refractivity contribution in [1.82, 2.24) is 5.43 Å². The molecule has 0 atom stereocenters. The quantitative estimate of drug-likeness (QED) is 0.274. The maximum absolute atomic E-state index is 11.9. The van der Waals surface area contributed by atoms with Gasteiger partial charge in [0.25, 0.3) is 5.69 Å². The van der Waals surface area contributed by atoms with Gasteiger partial charge in [0.15, 0.2) is 0 Å². The molecule has 27 heavy (non-hydrogen) atoms. The summed E-state index contributed by atoms with van der Waals surface area (Å²) < 4.78 is 0.913. The molecule has 0 spiro atoms. The van der Waals surface area contributed by atoms with E-state index in [1.165, 1.54) is 12.1 Å². The van der Waals surface area contributed by atoms with Crippen molar-refractivity contribution in [2.45, 2.75) is 19.8 Å². The average molecular weight is 480 g/mol. The van der Waals surface area contributed by atoms with Crippen LogP contribution in [0.5, 0.6) is 0 Å². The van der Waals surface area contributed by atoms with Gasteiger partial charge < -0.3 is 5.32 Å². The third-order valence-corrected chi connectivity index (χ3v) is 4.51. The molecule has 0 fully saturated rings. The summed E-state index contributed by atoms with van der Waals surface area (Å²) in [6.07, 6.45) is 0.0230. The highest BCUT2D eigenvalue weighted by Gasteiger charge is 2.09. The number of nitrogens with zero attached hydrogens (tertiary/aromatic N) is 2. The van der Waals surface area contributed by atoms with E-state index in [0.29, 0.717) is 17.0 Å². The van der Waals surface area contributed by atoms with Crippen LogP contribution in [0.4, 0.5) is 11.4 Å². The fourth-order valence-corrected chi connectivity index (χ4v) is 2.62. The molecule has 9 heteroatoms. The molecule has 8 nitrogen and oxygen atoms in total. The van der Waals surface area contributed by atoms with Crippen LogP contribution in [0.2, 0.25) is 0 Å². The number of nitro benzene ring substituents is 1. The molecule has 2 rings (SSSR count). The molecule has 0 saturated carbocycles. The Bertz CT molecular complexity index is 881. The van der Waals surface area contributed by atoms with Gasteiger partial charge in [-0.05, 0) is 59.3 Å². The fraction of sp³-hybridized carbons (Fsp3) is 0.167.